The summed E-state index contributed by atoms with van der Waals surface area (Å²) in [4.78, 5) is 23.7. The molecule has 0 bridgehead atoms. The van der Waals surface area contributed by atoms with Gasteiger partial charge in [0.15, 0.2) is 0 Å². The van der Waals surface area contributed by atoms with Crippen molar-refractivity contribution in [2.24, 2.45) is 0 Å². The minimum atomic E-state index is -5.01. The van der Waals surface area contributed by atoms with E-state index < -0.39 is 23.5 Å². The summed E-state index contributed by atoms with van der Waals surface area (Å²) in [6.07, 6.45) is -3.89. The summed E-state index contributed by atoms with van der Waals surface area (Å²) >= 11 is 0. The van der Waals surface area contributed by atoms with Crippen molar-refractivity contribution >= 4 is 22.7 Å². The summed E-state index contributed by atoms with van der Waals surface area (Å²) in [5.74, 6) is -1.38. The Balaban J connectivity index is 1.90. The summed E-state index contributed by atoms with van der Waals surface area (Å²) in [6, 6.07) is 10.8. The lowest BCUT2D eigenvalue weighted by Crippen LogP contribution is -2.22. The van der Waals surface area contributed by atoms with Crippen LogP contribution < -0.4 is 9.47 Å². The second-order valence-corrected chi connectivity index (χ2v) is 6.31. The van der Waals surface area contributed by atoms with Gasteiger partial charge in [-0.1, -0.05) is 6.07 Å². The van der Waals surface area contributed by atoms with Gasteiger partial charge in [0.05, 0.1) is 31.9 Å². The molecule has 30 heavy (non-hydrogen) atoms. The number of fused-ring (bicyclic) bond motifs is 1. The molecule has 1 aromatic heterocycles. The Morgan fingerprint density at radius 3 is 2.27 bits per heavy atom. The molecule has 0 aliphatic heterocycles. The monoisotopic (exact) mass is 421 g/mol. The number of ether oxygens (including phenoxy) is 3. The van der Waals surface area contributed by atoms with Gasteiger partial charge in [0.2, 0.25) is 0 Å². The Morgan fingerprint density at radius 2 is 1.67 bits per heavy atom. The second kappa shape index (κ2) is 8.48. The lowest BCUT2D eigenvalue weighted by atomic mass is 10.1. The van der Waals surface area contributed by atoms with Gasteiger partial charge in [0, 0.05) is 17.1 Å². The standard InChI is InChI=1S/C21H18F3NO5/c1-28-14-4-6-15(7-5-14)30-10-9-25-12-17(19(26)21(22,23)24)16-8-3-13(11-18(16)25)20(27)29-2/h3-8,11-12H,9-10H2,1-2H3. The molecule has 2 aromatic carbocycles. The average molecular weight is 421 g/mol. The molecule has 0 fully saturated rings. The number of ketones is 1. The first-order chi connectivity index (χ1) is 14.2. The van der Waals surface area contributed by atoms with Gasteiger partial charge in [-0.05, 0) is 36.4 Å². The molecule has 0 atom stereocenters. The van der Waals surface area contributed by atoms with Crippen molar-refractivity contribution in [3.05, 3.63) is 59.8 Å². The summed E-state index contributed by atoms with van der Waals surface area (Å²) in [7, 11) is 2.74. The molecular formula is C21H18F3NO5. The van der Waals surface area contributed by atoms with Gasteiger partial charge in [-0.3, -0.25) is 4.79 Å². The summed E-state index contributed by atoms with van der Waals surface area (Å²) in [5, 5.41) is 0.0921. The maximum absolute atomic E-state index is 13.0. The number of aromatic nitrogens is 1. The number of hydrogen-bond acceptors (Lipinski definition) is 5. The highest BCUT2D eigenvalue weighted by Gasteiger charge is 2.40. The molecule has 0 aliphatic carbocycles. The van der Waals surface area contributed by atoms with Crippen LogP contribution in [0.3, 0.4) is 0 Å². The maximum atomic E-state index is 13.0. The van der Waals surface area contributed by atoms with Gasteiger partial charge < -0.3 is 18.8 Å². The zero-order chi connectivity index (χ0) is 21.9. The Kier molecular flexibility index (Phi) is 6.00. The Bertz CT molecular complexity index is 1070. The van der Waals surface area contributed by atoms with Gasteiger partial charge >= 0.3 is 12.1 Å². The lowest BCUT2D eigenvalue weighted by Gasteiger charge is -2.09. The van der Waals surface area contributed by atoms with Crippen LogP contribution in [0.1, 0.15) is 20.7 Å². The van der Waals surface area contributed by atoms with Crippen molar-refractivity contribution in [1.29, 1.82) is 0 Å². The molecule has 9 heteroatoms. The number of methoxy groups -OCH3 is 2. The summed E-state index contributed by atoms with van der Waals surface area (Å²) < 4.78 is 55.8. The molecule has 0 N–H and O–H groups in total. The van der Waals surface area contributed by atoms with E-state index in [0.29, 0.717) is 17.0 Å². The van der Waals surface area contributed by atoms with E-state index in [0.717, 1.165) is 6.20 Å². The fraction of sp³-hybridized carbons (Fsp3) is 0.238. The van der Waals surface area contributed by atoms with E-state index in [4.69, 9.17) is 9.47 Å². The number of benzene rings is 2. The first-order valence-electron chi connectivity index (χ1n) is 8.84. The van der Waals surface area contributed by atoms with Crippen LogP contribution in [-0.2, 0) is 11.3 Å². The van der Waals surface area contributed by atoms with Gasteiger partial charge in [-0.2, -0.15) is 13.2 Å². The number of nitrogens with zero attached hydrogens (tertiary/aromatic N) is 1. The Hall–Kier alpha value is -3.49. The molecule has 0 radical (unpaired) electrons. The van der Waals surface area contributed by atoms with E-state index in [-0.39, 0.29) is 24.1 Å². The molecule has 0 amide bonds. The van der Waals surface area contributed by atoms with E-state index in [9.17, 15) is 22.8 Å². The minimum absolute atomic E-state index is 0.0921. The number of rotatable bonds is 7. The molecule has 1 heterocycles. The molecule has 0 saturated carbocycles. The topological polar surface area (TPSA) is 66.8 Å². The van der Waals surface area contributed by atoms with Crippen LogP contribution in [0.25, 0.3) is 10.9 Å². The number of alkyl halides is 3. The van der Waals surface area contributed by atoms with Crippen molar-refractivity contribution in [2.75, 3.05) is 20.8 Å². The normalized spacial score (nSPS) is 11.4. The van der Waals surface area contributed by atoms with E-state index in [1.165, 1.54) is 37.0 Å². The molecular weight excluding hydrogens is 403 g/mol. The van der Waals surface area contributed by atoms with Crippen molar-refractivity contribution in [3.63, 3.8) is 0 Å². The average Bonchev–Trinajstić information content (AvgIpc) is 3.10. The molecule has 6 nitrogen and oxygen atoms in total. The second-order valence-electron chi connectivity index (χ2n) is 6.31. The Labute approximate surface area is 169 Å². The van der Waals surface area contributed by atoms with Crippen LogP contribution in [0, 0.1) is 0 Å². The zero-order valence-electron chi connectivity index (χ0n) is 16.2. The van der Waals surface area contributed by atoms with Gasteiger partial charge in [-0.25, -0.2) is 4.79 Å². The van der Waals surface area contributed by atoms with E-state index >= 15 is 0 Å². The molecule has 0 aliphatic rings. The third-order valence-electron chi connectivity index (χ3n) is 4.47. The van der Waals surface area contributed by atoms with Gasteiger partial charge in [-0.15, -0.1) is 0 Å². The van der Waals surface area contributed by atoms with E-state index in [2.05, 4.69) is 4.74 Å². The predicted molar refractivity (Wildman–Crippen MR) is 102 cm³/mol. The Morgan fingerprint density at radius 1 is 1.00 bits per heavy atom. The molecule has 0 spiro atoms. The number of hydrogen-bond donors (Lipinski definition) is 0. The zero-order valence-corrected chi connectivity index (χ0v) is 16.2. The van der Waals surface area contributed by atoms with E-state index in [1.54, 1.807) is 24.3 Å². The van der Waals surface area contributed by atoms with Crippen molar-refractivity contribution in [1.82, 2.24) is 4.57 Å². The van der Waals surface area contributed by atoms with Crippen molar-refractivity contribution in [3.8, 4) is 11.5 Å². The van der Waals surface area contributed by atoms with Gasteiger partial charge in [0.1, 0.15) is 18.1 Å². The number of halogens is 3. The predicted octanol–water partition coefficient (Wildman–Crippen LogP) is 4.26. The number of Topliss-reactive ketones (excluding diaryl/α,β-unsaturated/α-hetero) is 1. The molecule has 0 saturated heterocycles. The SMILES string of the molecule is COC(=O)c1ccc2c(C(=O)C(F)(F)F)cn(CCOc3ccc(OC)cc3)c2c1. The quantitative estimate of drug-likeness (QED) is 0.421. The smallest absolute Gasteiger partial charge is 0.454 e. The highest BCUT2D eigenvalue weighted by Crippen LogP contribution is 2.29. The number of carbonyl (C=O) groups excluding carboxylic acids is 2. The van der Waals surface area contributed by atoms with Crippen molar-refractivity contribution in [2.45, 2.75) is 12.7 Å². The fourth-order valence-electron chi connectivity index (χ4n) is 2.99. The van der Waals surface area contributed by atoms with Crippen LogP contribution in [0.5, 0.6) is 11.5 Å². The fourth-order valence-corrected chi connectivity index (χ4v) is 2.99. The van der Waals surface area contributed by atoms with Crippen LogP contribution in [0.2, 0.25) is 0 Å². The summed E-state index contributed by atoms with van der Waals surface area (Å²) in [6.45, 7) is 0.274. The largest absolute Gasteiger partial charge is 0.497 e. The van der Waals surface area contributed by atoms with Crippen LogP contribution in [0.15, 0.2) is 48.7 Å². The molecule has 0 unspecified atom stereocenters. The third kappa shape index (κ3) is 4.40. The van der Waals surface area contributed by atoms with Crippen molar-refractivity contribution < 1.29 is 37.0 Å². The van der Waals surface area contributed by atoms with Crippen LogP contribution >= 0.6 is 0 Å². The minimum Gasteiger partial charge on any atom is -0.497 e. The molecule has 3 rings (SSSR count). The number of esters is 1. The third-order valence-corrected chi connectivity index (χ3v) is 4.47. The molecule has 3 aromatic rings. The highest BCUT2D eigenvalue weighted by atomic mass is 19.4. The van der Waals surface area contributed by atoms with Crippen LogP contribution in [0.4, 0.5) is 13.2 Å². The number of carbonyl (C=O) groups is 2. The highest BCUT2D eigenvalue weighted by molar-refractivity contribution is 6.11. The lowest BCUT2D eigenvalue weighted by molar-refractivity contribution is -0.0884. The summed E-state index contributed by atoms with van der Waals surface area (Å²) in [5.41, 5.74) is -0.0337. The maximum Gasteiger partial charge on any atom is 0.454 e. The van der Waals surface area contributed by atoms with Crippen LogP contribution in [-0.4, -0.2) is 43.3 Å². The van der Waals surface area contributed by atoms with E-state index in [1.807, 2.05) is 0 Å². The first kappa shape index (κ1) is 21.2. The molecule has 158 valence electrons. The van der Waals surface area contributed by atoms with Gasteiger partial charge in [0.25, 0.3) is 5.78 Å². The first-order valence-corrected chi connectivity index (χ1v) is 8.84.